The zero-order valence-corrected chi connectivity index (χ0v) is 66.8. The van der Waals surface area contributed by atoms with Crippen molar-refractivity contribution in [1.29, 1.82) is 0 Å². The van der Waals surface area contributed by atoms with E-state index in [0.29, 0.717) is 70.6 Å². The monoisotopic (exact) mass is 1600 g/mol. The van der Waals surface area contributed by atoms with Crippen LogP contribution in [0.3, 0.4) is 0 Å². The molecule has 10 aliphatic rings. The fraction of sp³-hybridized carbons (Fsp3) is 0.910. The SMILES string of the molecule is CC[C@H](C)[C@H](C[C@H](O)CC(=O)O[C@@H]1[C@H](O)[C@@H](OC)[C@H](OC(=O)[C@]23CCC(C)(C)C[C@H]2C2=CC[C@@H]4[C@@]5(C)CC[C@H](O[C@@H]6O[C@H](C(=O)O)[C@@H](O)[C@H](O[C@@H]7OC[C@@H](O)[C@H](O)[C@H]7O)[C@H]6O[C@@H]6O[C@H](CO)[C@H](O)[C@H](O)[C@H]6O)[C@@](C)(C=O)[C@@H]5CC[C@@]4(C)[C@]2(C)CC3)O[C@@H]1C)OC(=O)C[C@@H](O)C[C@H](O[C@@H]1O[C@@H](CO)[C@H](O)[C@@H](O)B1C)[C@@H](C)CC. The molecule has 0 bridgehead atoms. The number of methoxy groups -OCH3 is 1. The third-order valence-electron chi connectivity index (χ3n) is 28.6. The van der Waals surface area contributed by atoms with Crippen molar-refractivity contribution in [3.63, 3.8) is 0 Å². The fourth-order valence-corrected chi connectivity index (χ4v) is 20.8. The quantitative estimate of drug-likeness (QED) is 0.0120. The Balaban J connectivity index is 0.804. The molecule has 10 rings (SSSR count). The van der Waals surface area contributed by atoms with E-state index in [2.05, 4.69) is 40.7 Å². The van der Waals surface area contributed by atoms with Crippen LogP contribution in [0, 0.1) is 62.1 Å². The maximum Gasteiger partial charge on any atom is 0.335 e. The maximum atomic E-state index is 15.6. The number of carboxylic acid groups (broad SMARTS) is 1. The van der Waals surface area contributed by atoms with Crippen molar-refractivity contribution in [2.75, 3.05) is 26.9 Å². The van der Waals surface area contributed by atoms with Crippen molar-refractivity contribution in [3.8, 4) is 0 Å². The minimum Gasteiger partial charge on any atom is -0.479 e. The number of aldehydes is 1. The molecule has 0 amide bonds. The minimum atomic E-state index is -2.19. The molecule has 4 saturated carbocycles. The van der Waals surface area contributed by atoms with Gasteiger partial charge in [-0.2, -0.15) is 0 Å². The van der Waals surface area contributed by atoms with Gasteiger partial charge in [-0.25, -0.2) is 4.79 Å². The highest BCUT2D eigenvalue weighted by molar-refractivity contribution is 6.60. The molecule has 0 spiro atoms. The highest BCUT2D eigenvalue weighted by atomic mass is 16.8. The average molecular weight is 1600 g/mol. The highest BCUT2D eigenvalue weighted by Crippen LogP contribution is 2.76. The number of carboxylic acids is 1. The van der Waals surface area contributed by atoms with E-state index in [9.17, 15) is 95.8 Å². The van der Waals surface area contributed by atoms with Crippen LogP contribution in [0.15, 0.2) is 11.6 Å². The van der Waals surface area contributed by atoms with Crippen molar-refractivity contribution in [1.82, 2.24) is 0 Å². The van der Waals surface area contributed by atoms with Gasteiger partial charge in [0, 0.05) is 20.0 Å². The van der Waals surface area contributed by atoms with Gasteiger partial charge in [-0.15, -0.1) is 0 Å². The summed E-state index contributed by atoms with van der Waals surface area (Å²) in [5, 5.41) is 163. The number of carbonyl (C=O) groups is 5. The third-order valence-corrected chi connectivity index (χ3v) is 28.6. The van der Waals surface area contributed by atoms with E-state index >= 15 is 4.79 Å². The van der Waals surface area contributed by atoms with Crippen LogP contribution < -0.4 is 0 Å². The summed E-state index contributed by atoms with van der Waals surface area (Å²) in [4.78, 5) is 70.1. The summed E-state index contributed by atoms with van der Waals surface area (Å²) in [6, 6.07) is -1.25. The molecule has 0 aromatic heterocycles. The van der Waals surface area contributed by atoms with Gasteiger partial charge in [-0.05, 0) is 122 Å². The smallest absolute Gasteiger partial charge is 0.335 e. The number of carbonyl (C=O) groups excluding carboxylic acids is 4. The van der Waals surface area contributed by atoms with E-state index in [0.717, 1.165) is 11.9 Å². The topological polar surface area (TPSA) is 509 Å². The van der Waals surface area contributed by atoms with Gasteiger partial charge in [0.2, 0.25) is 13.0 Å². The molecule has 112 heavy (non-hydrogen) atoms. The number of rotatable bonds is 29. The van der Waals surface area contributed by atoms with Gasteiger partial charge in [-0.1, -0.05) is 101 Å². The second kappa shape index (κ2) is 36.1. The van der Waals surface area contributed by atoms with Crippen LogP contribution in [-0.2, 0) is 85.6 Å². The molecule has 640 valence electrons. The first kappa shape index (κ1) is 90.7. The molecule has 5 heterocycles. The molecule has 0 aromatic carbocycles. The van der Waals surface area contributed by atoms with Crippen LogP contribution in [0.5, 0.6) is 0 Å². The van der Waals surface area contributed by atoms with Crippen LogP contribution >= 0.6 is 0 Å². The molecular formula is C78H127BO33. The van der Waals surface area contributed by atoms with Gasteiger partial charge in [0.25, 0.3) is 0 Å². The molecule has 5 aliphatic heterocycles. The van der Waals surface area contributed by atoms with E-state index in [-0.39, 0.29) is 48.3 Å². The molecule has 5 saturated heterocycles. The molecule has 0 unspecified atom stereocenters. The second-order valence-electron chi connectivity index (χ2n) is 35.9. The molecule has 5 aliphatic carbocycles. The first-order valence-corrected chi connectivity index (χ1v) is 40.3. The van der Waals surface area contributed by atoms with E-state index in [1.54, 1.807) is 20.7 Å². The molecular weight excluding hydrogens is 1480 g/mol. The lowest BCUT2D eigenvalue weighted by molar-refractivity contribution is -0.391. The lowest BCUT2D eigenvalue weighted by atomic mass is 9.33. The summed E-state index contributed by atoms with van der Waals surface area (Å²) in [5.74, 6) is -5.14. The number of aliphatic hydroxyl groups excluding tert-OH is 14. The minimum absolute atomic E-state index is 0.0273. The van der Waals surface area contributed by atoms with Gasteiger partial charge < -0.3 is 143 Å². The number of hydrogen-bond donors (Lipinski definition) is 15. The molecule has 38 atom stereocenters. The first-order chi connectivity index (χ1) is 52.6. The van der Waals surface area contributed by atoms with E-state index in [1.165, 1.54) is 7.11 Å². The van der Waals surface area contributed by atoms with Crippen LogP contribution in [0.25, 0.3) is 0 Å². The largest absolute Gasteiger partial charge is 0.479 e. The van der Waals surface area contributed by atoms with Crippen molar-refractivity contribution in [2.24, 2.45) is 62.1 Å². The van der Waals surface area contributed by atoms with Crippen molar-refractivity contribution >= 4 is 36.9 Å². The van der Waals surface area contributed by atoms with Gasteiger partial charge in [0.05, 0.1) is 80.0 Å². The van der Waals surface area contributed by atoms with Gasteiger partial charge in [-0.3, -0.25) is 14.4 Å². The molecule has 33 nitrogen and oxygen atoms in total. The Morgan fingerprint density at radius 2 is 1.25 bits per heavy atom. The Hall–Kier alpha value is -3.61. The number of esters is 3. The van der Waals surface area contributed by atoms with E-state index in [1.807, 2.05) is 27.7 Å². The summed E-state index contributed by atoms with van der Waals surface area (Å²) in [6.45, 7) is 20.9. The first-order valence-electron chi connectivity index (χ1n) is 40.3. The lowest BCUT2D eigenvalue weighted by Crippen LogP contribution is -2.68. The number of aliphatic hydroxyl groups is 14. The number of aliphatic carboxylic acids is 1. The summed E-state index contributed by atoms with van der Waals surface area (Å²) >= 11 is 0. The van der Waals surface area contributed by atoms with Crippen LogP contribution in [-0.4, -0.2) is 312 Å². The number of hydrogen-bond acceptors (Lipinski definition) is 32. The number of allylic oxidation sites excluding steroid dienone is 2. The summed E-state index contributed by atoms with van der Waals surface area (Å²) < 4.78 is 78.8. The van der Waals surface area contributed by atoms with E-state index in [4.69, 9.17) is 61.6 Å². The molecule has 34 heteroatoms. The third kappa shape index (κ3) is 17.6. The van der Waals surface area contributed by atoms with Crippen molar-refractivity contribution < 1.29 is 162 Å². The standard InChI is InChI=1S/C78H127BO33/c1-14-35(3)43(103-50(86)28-39(84)27-44(36(4)15-2)105-72-79(12)65(96)54(90)46(32-81)106-72)26-38(83)29-51(87)108-60-37(5)102-69(63(100-13)58(60)94)112-71(99)78-24-22-73(6,7)30-41(78)40-16-17-48-74(8)20-19-49(75(9,34-82)47(74)18-21-77(48,11)76(40,10)23-25-78)107-70-64(111-68-57(93)55(91)53(89)45(31-80)104-68)61(59(95)62(110-70)66(97)98)109-67-56(92)52(88)42(85)33-101-67/h16,34-39,41-49,52-65,67-70,72,80-81,83-85,88-96H,14-15,17-33H2,1-13H3,(H,97,98)/t35-,36-,37+,38-,39-,41-,42+,43-,44-,45+,46-,47+,48+,49-,52-,53-,54-,55-,56+,57+,58-,59-,60-,61-,62-,63+,64+,65+,67-,68-,69-,70+,72+,74-,75-,76+,77+,78-/m0/s1. The Kier molecular flexibility index (Phi) is 29.3. The molecule has 0 radical (unpaired) electrons. The molecule has 0 aromatic rings. The molecule has 15 N–H and O–H groups in total. The van der Waals surface area contributed by atoms with Crippen molar-refractivity contribution in [3.05, 3.63) is 11.6 Å². The predicted octanol–water partition coefficient (Wildman–Crippen LogP) is 0.421. The maximum absolute atomic E-state index is 15.6. The Bertz CT molecular complexity index is 3220. The number of ether oxygens (including phenoxy) is 13. The van der Waals surface area contributed by atoms with Crippen LogP contribution in [0.2, 0.25) is 6.82 Å². The second-order valence-corrected chi connectivity index (χ2v) is 35.9. The Labute approximate surface area is 654 Å². The van der Waals surface area contributed by atoms with Gasteiger partial charge in [0.15, 0.2) is 31.1 Å². The fourth-order valence-electron chi connectivity index (χ4n) is 20.8. The summed E-state index contributed by atoms with van der Waals surface area (Å²) in [6.07, 6.45) is -34.1. The summed E-state index contributed by atoms with van der Waals surface area (Å²) in [7, 11) is 1.31. The Morgan fingerprint density at radius 1 is 0.634 bits per heavy atom. The zero-order chi connectivity index (χ0) is 82.6. The lowest BCUT2D eigenvalue weighted by Gasteiger charge is -2.71. The Morgan fingerprint density at radius 3 is 1.88 bits per heavy atom. The van der Waals surface area contributed by atoms with Crippen LogP contribution in [0.4, 0.5) is 0 Å². The van der Waals surface area contributed by atoms with Gasteiger partial charge >= 0.3 is 23.9 Å². The summed E-state index contributed by atoms with van der Waals surface area (Å²) in [5.41, 5.74) is -3.00. The van der Waals surface area contributed by atoms with Crippen LogP contribution in [0.1, 0.15) is 179 Å². The normalized spacial score (nSPS) is 45.7. The number of fused-ring (bicyclic) bond motifs is 7. The van der Waals surface area contributed by atoms with Gasteiger partial charge in [0.1, 0.15) is 104 Å². The van der Waals surface area contributed by atoms with Crippen molar-refractivity contribution in [2.45, 2.75) is 357 Å². The molecule has 9 fully saturated rings. The highest BCUT2D eigenvalue weighted by Gasteiger charge is 2.71. The average Bonchev–Trinajstić information content (AvgIpc) is 0.673. The predicted molar refractivity (Wildman–Crippen MR) is 389 cm³/mol. The van der Waals surface area contributed by atoms with E-state index < -0.39 is 268 Å². The zero-order valence-electron chi connectivity index (χ0n) is 66.8.